The number of carbonyl (C=O) groups excluding carboxylic acids is 1. The summed E-state index contributed by atoms with van der Waals surface area (Å²) in [5.41, 5.74) is 6.82. The molecule has 3 N–H and O–H groups in total. The summed E-state index contributed by atoms with van der Waals surface area (Å²) in [5, 5.41) is 2.97. The van der Waals surface area contributed by atoms with Crippen molar-refractivity contribution in [3.8, 4) is 0 Å². The number of halogens is 1. The van der Waals surface area contributed by atoms with Crippen LogP contribution in [0.5, 0.6) is 0 Å². The first-order valence-corrected chi connectivity index (χ1v) is 7.53. The zero-order valence-electron chi connectivity index (χ0n) is 10.8. The van der Waals surface area contributed by atoms with Crippen molar-refractivity contribution < 1.29 is 4.79 Å². The third-order valence-electron chi connectivity index (χ3n) is 3.75. The van der Waals surface area contributed by atoms with E-state index in [1.807, 2.05) is 25.1 Å². The van der Waals surface area contributed by atoms with Crippen molar-refractivity contribution in [3.63, 3.8) is 0 Å². The lowest BCUT2D eigenvalue weighted by Crippen LogP contribution is -2.31. The SMILES string of the molecule is CC1(C(=O)Nc2ccc(Br)cc2C(N)=S)CCCC1. The molecule has 0 spiro atoms. The second kappa shape index (κ2) is 5.59. The van der Waals surface area contributed by atoms with Gasteiger partial charge in [-0.25, -0.2) is 0 Å². The Morgan fingerprint density at radius 2 is 2.05 bits per heavy atom. The number of nitrogens with one attached hydrogen (secondary N) is 1. The van der Waals surface area contributed by atoms with Crippen molar-refractivity contribution in [2.24, 2.45) is 11.1 Å². The normalized spacial score (nSPS) is 17.2. The van der Waals surface area contributed by atoms with Crippen molar-refractivity contribution in [1.82, 2.24) is 0 Å². The summed E-state index contributed by atoms with van der Waals surface area (Å²) >= 11 is 8.41. The van der Waals surface area contributed by atoms with E-state index in [2.05, 4.69) is 21.2 Å². The number of hydrogen-bond acceptors (Lipinski definition) is 2. The molecule has 0 saturated heterocycles. The highest BCUT2D eigenvalue weighted by molar-refractivity contribution is 9.10. The third-order valence-corrected chi connectivity index (χ3v) is 4.46. The molecule has 102 valence electrons. The molecule has 1 fully saturated rings. The van der Waals surface area contributed by atoms with Crippen molar-refractivity contribution in [3.05, 3.63) is 28.2 Å². The van der Waals surface area contributed by atoms with Crippen LogP contribution >= 0.6 is 28.1 Å². The average Bonchev–Trinajstić information content (AvgIpc) is 2.79. The van der Waals surface area contributed by atoms with Gasteiger partial charge in [0.1, 0.15) is 4.99 Å². The predicted octanol–water partition coefficient (Wildman–Crippen LogP) is 3.60. The number of amides is 1. The molecule has 3 nitrogen and oxygen atoms in total. The fourth-order valence-corrected chi connectivity index (χ4v) is 3.01. The Hall–Kier alpha value is -0.940. The molecule has 1 aromatic carbocycles. The van der Waals surface area contributed by atoms with Crippen LogP contribution in [-0.4, -0.2) is 10.9 Å². The molecule has 0 radical (unpaired) electrons. The van der Waals surface area contributed by atoms with Gasteiger partial charge in [-0.1, -0.05) is 47.9 Å². The Kier molecular flexibility index (Phi) is 4.26. The van der Waals surface area contributed by atoms with Gasteiger partial charge in [-0.15, -0.1) is 0 Å². The fraction of sp³-hybridized carbons (Fsp3) is 0.429. The van der Waals surface area contributed by atoms with Crippen LogP contribution in [0.4, 0.5) is 5.69 Å². The van der Waals surface area contributed by atoms with Gasteiger partial charge in [-0.3, -0.25) is 4.79 Å². The van der Waals surface area contributed by atoms with Crippen LogP contribution in [0.3, 0.4) is 0 Å². The Balaban J connectivity index is 2.23. The van der Waals surface area contributed by atoms with Gasteiger partial charge in [0.15, 0.2) is 0 Å². The lowest BCUT2D eigenvalue weighted by molar-refractivity contribution is -0.124. The second-order valence-electron chi connectivity index (χ2n) is 5.28. The number of hydrogen-bond donors (Lipinski definition) is 2. The molecule has 5 heteroatoms. The molecule has 2 rings (SSSR count). The van der Waals surface area contributed by atoms with Crippen molar-refractivity contribution in [1.29, 1.82) is 0 Å². The van der Waals surface area contributed by atoms with E-state index in [0.717, 1.165) is 30.2 Å². The first-order valence-electron chi connectivity index (χ1n) is 6.33. The average molecular weight is 341 g/mol. The molecular weight excluding hydrogens is 324 g/mol. The zero-order valence-corrected chi connectivity index (χ0v) is 13.2. The predicted molar refractivity (Wildman–Crippen MR) is 85.2 cm³/mol. The van der Waals surface area contributed by atoms with Crippen LogP contribution < -0.4 is 11.1 Å². The van der Waals surface area contributed by atoms with Gasteiger partial charge in [0.25, 0.3) is 0 Å². The standard InChI is InChI=1S/C14H17BrN2OS/c1-14(6-2-3-7-14)13(18)17-11-5-4-9(15)8-10(11)12(16)19/h4-5,8H,2-3,6-7H2,1H3,(H2,16,19)(H,17,18). The maximum absolute atomic E-state index is 12.4. The molecule has 1 aromatic rings. The van der Waals surface area contributed by atoms with Gasteiger partial charge in [-0.2, -0.15) is 0 Å². The summed E-state index contributed by atoms with van der Waals surface area (Å²) in [4.78, 5) is 12.7. The number of rotatable bonds is 3. The first-order chi connectivity index (χ1) is 8.92. The molecule has 0 aromatic heterocycles. The summed E-state index contributed by atoms with van der Waals surface area (Å²) in [6, 6.07) is 5.53. The van der Waals surface area contributed by atoms with Gasteiger partial charge in [0, 0.05) is 15.5 Å². The Morgan fingerprint density at radius 1 is 1.42 bits per heavy atom. The lowest BCUT2D eigenvalue weighted by atomic mass is 9.87. The highest BCUT2D eigenvalue weighted by Gasteiger charge is 2.36. The van der Waals surface area contributed by atoms with E-state index >= 15 is 0 Å². The maximum atomic E-state index is 12.4. The number of anilines is 1. The molecule has 1 amide bonds. The molecule has 0 bridgehead atoms. The van der Waals surface area contributed by atoms with Gasteiger partial charge in [-0.05, 0) is 31.0 Å². The van der Waals surface area contributed by atoms with E-state index in [-0.39, 0.29) is 16.3 Å². The Bertz CT molecular complexity index is 524. The number of carbonyl (C=O) groups is 1. The molecule has 1 aliphatic carbocycles. The summed E-state index contributed by atoms with van der Waals surface area (Å²) in [6.07, 6.45) is 4.12. The topological polar surface area (TPSA) is 55.1 Å². The highest BCUT2D eigenvalue weighted by Crippen LogP contribution is 2.38. The van der Waals surface area contributed by atoms with Crippen LogP contribution in [-0.2, 0) is 4.79 Å². The van der Waals surface area contributed by atoms with Crippen molar-refractivity contribution in [2.45, 2.75) is 32.6 Å². The molecule has 0 unspecified atom stereocenters. The largest absolute Gasteiger partial charge is 0.389 e. The van der Waals surface area contributed by atoms with Gasteiger partial charge >= 0.3 is 0 Å². The molecule has 1 saturated carbocycles. The van der Waals surface area contributed by atoms with E-state index in [4.69, 9.17) is 18.0 Å². The summed E-state index contributed by atoms with van der Waals surface area (Å²) < 4.78 is 0.889. The summed E-state index contributed by atoms with van der Waals surface area (Å²) in [5.74, 6) is 0.0600. The van der Waals surface area contributed by atoms with E-state index in [1.165, 1.54) is 0 Å². The van der Waals surface area contributed by atoms with Crippen molar-refractivity contribution >= 4 is 44.7 Å². The molecule has 0 aliphatic heterocycles. The van der Waals surface area contributed by atoms with Gasteiger partial charge in [0.05, 0.1) is 5.69 Å². The lowest BCUT2D eigenvalue weighted by Gasteiger charge is -2.23. The van der Waals surface area contributed by atoms with Gasteiger partial charge < -0.3 is 11.1 Å². The molecule has 0 heterocycles. The fourth-order valence-electron chi connectivity index (χ4n) is 2.48. The Morgan fingerprint density at radius 3 is 2.63 bits per heavy atom. The van der Waals surface area contributed by atoms with Gasteiger partial charge in [0.2, 0.25) is 5.91 Å². The first kappa shape index (κ1) is 14.5. The minimum Gasteiger partial charge on any atom is -0.389 e. The summed E-state index contributed by atoms with van der Waals surface area (Å²) in [6.45, 7) is 2.02. The molecular formula is C14H17BrN2OS. The summed E-state index contributed by atoms with van der Waals surface area (Å²) in [7, 11) is 0. The number of benzene rings is 1. The van der Waals surface area contributed by atoms with Crippen LogP contribution in [0.2, 0.25) is 0 Å². The highest BCUT2D eigenvalue weighted by atomic mass is 79.9. The minimum absolute atomic E-state index is 0.0600. The van der Waals surface area contributed by atoms with E-state index in [1.54, 1.807) is 0 Å². The molecule has 1 aliphatic rings. The molecule has 0 atom stereocenters. The second-order valence-corrected chi connectivity index (χ2v) is 6.63. The van der Waals surface area contributed by atoms with Crippen molar-refractivity contribution in [2.75, 3.05) is 5.32 Å². The molecule has 19 heavy (non-hydrogen) atoms. The smallest absolute Gasteiger partial charge is 0.230 e. The van der Waals surface area contributed by atoms with Crippen LogP contribution in [0, 0.1) is 5.41 Å². The number of thiocarbonyl (C=S) groups is 1. The third kappa shape index (κ3) is 3.15. The Labute approximate surface area is 127 Å². The monoisotopic (exact) mass is 340 g/mol. The van der Waals surface area contributed by atoms with E-state index in [9.17, 15) is 4.79 Å². The maximum Gasteiger partial charge on any atom is 0.230 e. The van der Waals surface area contributed by atoms with Crippen LogP contribution in [0.25, 0.3) is 0 Å². The minimum atomic E-state index is -0.263. The van der Waals surface area contributed by atoms with Crippen LogP contribution in [0.1, 0.15) is 38.2 Å². The number of nitrogens with two attached hydrogens (primary N) is 1. The van der Waals surface area contributed by atoms with E-state index in [0.29, 0.717) is 11.3 Å². The zero-order chi connectivity index (χ0) is 14.0. The van der Waals surface area contributed by atoms with E-state index < -0.39 is 0 Å². The quantitative estimate of drug-likeness (QED) is 0.826. The van der Waals surface area contributed by atoms with Crippen LogP contribution in [0.15, 0.2) is 22.7 Å².